The lowest BCUT2D eigenvalue weighted by Crippen LogP contribution is -2.45. The minimum absolute atomic E-state index is 0.137. The second-order valence-corrected chi connectivity index (χ2v) is 9.24. The topological polar surface area (TPSA) is 81.8 Å². The van der Waals surface area contributed by atoms with Gasteiger partial charge in [0, 0.05) is 7.05 Å². The number of benzene rings is 3. The van der Waals surface area contributed by atoms with Crippen molar-refractivity contribution in [3.63, 3.8) is 0 Å². The summed E-state index contributed by atoms with van der Waals surface area (Å²) < 4.78 is 13.5. The molecule has 0 fully saturated rings. The molecule has 0 radical (unpaired) electrons. The zero-order valence-electron chi connectivity index (χ0n) is 20.4. The number of halogens is 1. The van der Waals surface area contributed by atoms with Crippen molar-refractivity contribution in [2.45, 2.75) is 18.5 Å². The number of carbonyl (C=O) groups is 3. The molecule has 2 aliphatic heterocycles. The molecule has 2 aliphatic rings. The van der Waals surface area contributed by atoms with Crippen molar-refractivity contribution < 1.29 is 18.8 Å². The number of hydrogen-bond acceptors (Lipinski definition) is 3. The summed E-state index contributed by atoms with van der Waals surface area (Å²) in [6, 6.07) is 23.9. The van der Waals surface area contributed by atoms with E-state index in [1.165, 1.54) is 21.9 Å². The summed E-state index contributed by atoms with van der Waals surface area (Å²) >= 11 is 0. The molecule has 5 rings (SSSR count). The molecular weight excluding hydrogens is 471 g/mol. The number of nitrogens with zero attached hydrogens (tertiary/aromatic N) is 2. The Hall–Kier alpha value is -4.46. The maximum absolute atomic E-state index is 13.5. The molecule has 0 aliphatic carbocycles. The second kappa shape index (κ2) is 10.3. The number of nitrogens with one attached hydrogen (secondary N) is 2. The van der Waals surface area contributed by atoms with Gasteiger partial charge < -0.3 is 15.5 Å². The van der Waals surface area contributed by atoms with E-state index in [2.05, 4.69) is 10.6 Å². The second-order valence-electron chi connectivity index (χ2n) is 9.24. The van der Waals surface area contributed by atoms with Gasteiger partial charge in [0.2, 0.25) is 5.91 Å². The predicted octanol–water partition coefficient (Wildman–Crippen LogP) is 3.72. The van der Waals surface area contributed by atoms with Gasteiger partial charge >= 0.3 is 6.03 Å². The average Bonchev–Trinajstić information content (AvgIpc) is 3.23. The van der Waals surface area contributed by atoms with Gasteiger partial charge in [0.1, 0.15) is 12.4 Å². The molecule has 0 saturated carbocycles. The Kier molecular flexibility index (Phi) is 6.72. The monoisotopic (exact) mass is 498 g/mol. The van der Waals surface area contributed by atoms with Crippen LogP contribution in [-0.4, -0.2) is 47.8 Å². The molecule has 3 aromatic carbocycles. The van der Waals surface area contributed by atoms with E-state index in [1.807, 2.05) is 60.7 Å². The number of rotatable bonds is 7. The average molecular weight is 499 g/mol. The van der Waals surface area contributed by atoms with Crippen LogP contribution < -0.4 is 10.6 Å². The summed E-state index contributed by atoms with van der Waals surface area (Å²) in [5.41, 5.74) is 3.59. The van der Waals surface area contributed by atoms with Crippen LogP contribution in [0.2, 0.25) is 0 Å². The molecule has 188 valence electrons. The van der Waals surface area contributed by atoms with Crippen molar-refractivity contribution in [2.24, 2.45) is 0 Å². The van der Waals surface area contributed by atoms with Crippen molar-refractivity contribution in [3.8, 4) is 0 Å². The molecule has 0 saturated heterocycles. The Bertz CT molecular complexity index is 1340. The van der Waals surface area contributed by atoms with Gasteiger partial charge in [-0.3, -0.25) is 14.5 Å². The zero-order valence-corrected chi connectivity index (χ0v) is 20.4. The molecular formula is C29H27FN4O3. The lowest BCUT2D eigenvalue weighted by atomic mass is 9.96. The Morgan fingerprint density at radius 2 is 1.65 bits per heavy atom. The molecule has 4 amide bonds. The molecule has 2 N–H and O–H groups in total. The summed E-state index contributed by atoms with van der Waals surface area (Å²) in [5.74, 6) is -1.03. The molecule has 3 aromatic rings. The summed E-state index contributed by atoms with van der Waals surface area (Å²) in [5, 5.41) is 5.91. The molecule has 0 spiro atoms. The molecule has 0 bridgehead atoms. The predicted molar refractivity (Wildman–Crippen MR) is 137 cm³/mol. The van der Waals surface area contributed by atoms with E-state index in [1.54, 1.807) is 19.2 Å². The fourth-order valence-corrected chi connectivity index (χ4v) is 4.86. The number of hydrogen-bond donors (Lipinski definition) is 2. The SMILES string of the molecule is CN1C(=O)N[C@H](c2ccc(F)cc2)C2=C1CN(CC(=O)N[C@@H](Cc1ccccc1)c1ccccc1)C2=O. The number of amides is 4. The normalized spacial score (nSPS) is 17.9. The van der Waals surface area contributed by atoms with Crippen LogP contribution >= 0.6 is 0 Å². The third kappa shape index (κ3) is 5.09. The highest BCUT2D eigenvalue weighted by molar-refractivity contribution is 6.03. The number of likely N-dealkylation sites (N-methyl/N-ethyl adjacent to an activating group) is 1. The molecule has 0 aromatic heterocycles. The minimum atomic E-state index is -0.713. The Balaban J connectivity index is 1.33. The fourth-order valence-electron chi connectivity index (χ4n) is 4.86. The fraction of sp³-hybridized carbons (Fsp3) is 0.207. The van der Waals surface area contributed by atoms with E-state index in [0.29, 0.717) is 23.3 Å². The summed E-state index contributed by atoms with van der Waals surface area (Å²) in [6.45, 7) is -0.0139. The summed E-state index contributed by atoms with van der Waals surface area (Å²) in [4.78, 5) is 42.1. The van der Waals surface area contributed by atoms with Crippen molar-refractivity contribution in [2.75, 3.05) is 20.1 Å². The standard InChI is InChI=1S/C29H27FN4O3/c1-33-24-17-34(28(36)26(24)27(32-29(33)37)21-12-14-22(30)15-13-21)18-25(35)31-23(20-10-6-3-7-11-20)16-19-8-4-2-5-9-19/h2-15,23,27H,16-18H2,1H3,(H,31,35)(H,32,37)/t23-,27+/m0/s1. The molecule has 2 atom stereocenters. The van der Waals surface area contributed by atoms with Gasteiger partial charge in [-0.05, 0) is 35.2 Å². The van der Waals surface area contributed by atoms with E-state index in [4.69, 9.17) is 0 Å². The van der Waals surface area contributed by atoms with Crippen molar-refractivity contribution in [1.82, 2.24) is 20.4 Å². The van der Waals surface area contributed by atoms with Crippen molar-refractivity contribution in [1.29, 1.82) is 0 Å². The maximum atomic E-state index is 13.5. The van der Waals surface area contributed by atoms with Crippen LogP contribution in [0, 0.1) is 5.82 Å². The first kappa shape index (κ1) is 24.2. The molecule has 8 heteroatoms. The lowest BCUT2D eigenvalue weighted by molar-refractivity contribution is -0.132. The van der Waals surface area contributed by atoms with E-state index < -0.39 is 11.9 Å². The first-order valence-electron chi connectivity index (χ1n) is 12.1. The van der Waals surface area contributed by atoms with E-state index in [0.717, 1.165) is 11.1 Å². The first-order valence-corrected chi connectivity index (χ1v) is 12.1. The van der Waals surface area contributed by atoms with Gasteiger partial charge in [0.05, 0.1) is 29.9 Å². The Morgan fingerprint density at radius 3 is 2.32 bits per heavy atom. The van der Waals surface area contributed by atoms with Crippen LogP contribution in [0.3, 0.4) is 0 Å². The summed E-state index contributed by atoms with van der Waals surface area (Å²) in [6.07, 6.45) is 0.604. The largest absolute Gasteiger partial charge is 0.347 e. The molecule has 7 nitrogen and oxygen atoms in total. The van der Waals surface area contributed by atoms with Gasteiger partial charge in [-0.1, -0.05) is 72.8 Å². The summed E-state index contributed by atoms with van der Waals surface area (Å²) in [7, 11) is 1.59. The van der Waals surface area contributed by atoms with Gasteiger partial charge in [0.25, 0.3) is 5.91 Å². The first-order chi connectivity index (χ1) is 17.9. The Labute approximate surface area is 214 Å². The van der Waals surface area contributed by atoms with Gasteiger partial charge in [-0.25, -0.2) is 9.18 Å². The number of urea groups is 1. The maximum Gasteiger partial charge on any atom is 0.322 e. The van der Waals surface area contributed by atoms with E-state index in [9.17, 15) is 18.8 Å². The minimum Gasteiger partial charge on any atom is -0.347 e. The quantitative estimate of drug-likeness (QED) is 0.521. The smallest absolute Gasteiger partial charge is 0.322 e. The van der Waals surface area contributed by atoms with Crippen LogP contribution in [-0.2, 0) is 16.0 Å². The highest BCUT2D eigenvalue weighted by Gasteiger charge is 2.43. The van der Waals surface area contributed by atoms with Gasteiger partial charge in [0.15, 0.2) is 0 Å². The van der Waals surface area contributed by atoms with E-state index in [-0.39, 0.29) is 37.0 Å². The van der Waals surface area contributed by atoms with E-state index >= 15 is 0 Å². The lowest BCUT2D eigenvalue weighted by Gasteiger charge is -2.31. The molecule has 37 heavy (non-hydrogen) atoms. The van der Waals surface area contributed by atoms with Crippen molar-refractivity contribution in [3.05, 3.63) is 119 Å². The zero-order chi connectivity index (χ0) is 25.9. The van der Waals surface area contributed by atoms with Gasteiger partial charge in [-0.15, -0.1) is 0 Å². The van der Waals surface area contributed by atoms with Gasteiger partial charge in [-0.2, -0.15) is 0 Å². The highest BCUT2D eigenvalue weighted by Crippen LogP contribution is 2.35. The van der Waals surface area contributed by atoms with Crippen LogP contribution in [0.5, 0.6) is 0 Å². The van der Waals surface area contributed by atoms with Crippen LogP contribution in [0.4, 0.5) is 9.18 Å². The molecule has 2 heterocycles. The van der Waals surface area contributed by atoms with Crippen LogP contribution in [0.1, 0.15) is 28.8 Å². The van der Waals surface area contributed by atoms with Crippen LogP contribution in [0.25, 0.3) is 0 Å². The van der Waals surface area contributed by atoms with Crippen molar-refractivity contribution >= 4 is 17.8 Å². The highest BCUT2D eigenvalue weighted by atomic mass is 19.1. The Morgan fingerprint density at radius 1 is 1.00 bits per heavy atom. The third-order valence-corrected chi connectivity index (χ3v) is 6.79. The third-order valence-electron chi connectivity index (χ3n) is 6.79. The van der Waals surface area contributed by atoms with Crippen LogP contribution in [0.15, 0.2) is 96.2 Å². The number of carbonyl (C=O) groups excluding carboxylic acids is 3. The molecule has 0 unspecified atom stereocenters.